The summed E-state index contributed by atoms with van der Waals surface area (Å²) in [5, 5.41) is 0. The van der Waals surface area contributed by atoms with Crippen LogP contribution in [0.3, 0.4) is 0 Å². The first-order chi connectivity index (χ1) is 18.6. The first-order valence-electron chi connectivity index (χ1n) is 12.5. The lowest BCUT2D eigenvalue weighted by Gasteiger charge is -2.14. The number of aromatic nitrogens is 2. The lowest BCUT2D eigenvalue weighted by Crippen LogP contribution is -2.19. The van der Waals surface area contributed by atoms with Crippen molar-refractivity contribution in [3.05, 3.63) is 142 Å². The number of nitrogens with zero attached hydrogens (tertiary/aromatic N) is 3. The largest absolute Gasteiger partial charge is 0.485 e. The Bertz CT molecular complexity index is 1590. The van der Waals surface area contributed by atoms with Crippen LogP contribution in [0.5, 0.6) is 11.5 Å². The summed E-state index contributed by atoms with van der Waals surface area (Å²) in [4.78, 5) is 17.8. The lowest BCUT2D eigenvalue weighted by atomic mass is 10.2. The molecule has 4 aromatic carbocycles. The van der Waals surface area contributed by atoms with E-state index in [0.29, 0.717) is 30.4 Å². The Balaban J connectivity index is 1.42. The van der Waals surface area contributed by atoms with Crippen molar-refractivity contribution in [1.82, 2.24) is 9.36 Å². The third-order valence-corrected chi connectivity index (χ3v) is 6.31. The maximum atomic E-state index is 13.2. The van der Waals surface area contributed by atoms with Crippen LogP contribution in [0.25, 0.3) is 5.69 Å². The molecule has 0 saturated heterocycles. The van der Waals surface area contributed by atoms with Gasteiger partial charge in [-0.3, -0.25) is 9.48 Å². The third-order valence-electron chi connectivity index (χ3n) is 6.31. The summed E-state index contributed by atoms with van der Waals surface area (Å²) in [6.07, 6.45) is 1.69. The number of ether oxygens (including phenoxy) is 2. The lowest BCUT2D eigenvalue weighted by molar-refractivity contribution is 0.256. The zero-order chi connectivity index (χ0) is 26.3. The van der Waals surface area contributed by atoms with Gasteiger partial charge in [-0.15, -0.1) is 0 Å². The van der Waals surface area contributed by atoms with Crippen molar-refractivity contribution in [2.75, 3.05) is 0 Å². The van der Waals surface area contributed by atoms with E-state index >= 15 is 0 Å². The fourth-order valence-electron chi connectivity index (χ4n) is 4.15. The summed E-state index contributed by atoms with van der Waals surface area (Å²) in [6.45, 7) is 2.73. The van der Waals surface area contributed by atoms with Crippen molar-refractivity contribution in [1.29, 1.82) is 0 Å². The summed E-state index contributed by atoms with van der Waals surface area (Å²) in [6, 6.07) is 35.2. The number of hydrogen-bond donors (Lipinski definition) is 0. The predicted octanol–water partition coefficient (Wildman–Crippen LogP) is 6.39. The van der Waals surface area contributed by atoms with Crippen molar-refractivity contribution >= 4 is 11.9 Å². The van der Waals surface area contributed by atoms with Gasteiger partial charge in [-0.2, -0.15) is 0 Å². The fourth-order valence-corrected chi connectivity index (χ4v) is 4.15. The monoisotopic (exact) mass is 503 g/mol. The molecule has 6 heteroatoms. The van der Waals surface area contributed by atoms with Crippen LogP contribution >= 0.6 is 0 Å². The van der Waals surface area contributed by atoms with E-state index in [4.69, 9.17) is 9.47 Å². The maximum absolute atomic E-state index is 13.2. The minimum atomic E-state index is -0.171. The summed E-state index contributed by atoms with van der Waals surface area (Å²) in [5.41, 5.74) is 4.72. The van der Waals surface area contributed by atoms with Gasteiger partial charge < -0.3 is 9.47 Å². The molecule has 0 aliphatic carbocycles. The first kappa shape index (κ1) is 24.8. The number of rotatable bonds is 9. The summed E-state index contributed by atoms with van der Waals surface area (Å²) in [5.74, 6) is 1.25. The second-order valence-corrected chi connectivity index (χ2v) is 8.92. The Kier molecular flexibility index (Phi) is 7.50. The van der Waals surface area contributed by atoms with E-state index in [9.17, 15) is 4.79 Å². The maximum Gasteiger partial charge on any atom is 0.297 e. The molecule has 0 N–H and O–H groups in total. The molecular weight excluding hydrogens is 474 g/mol. The number of aliphatic imine (C=N–C) groups is 1. The van der Waals surface area contributed by atoms with E-state index in [1.165, 1.54) is 0 Å². The van der Waals surface area contributed by atoms with E-state index in [1.54, 1.807) is 10.9 Å². The van der Waals surface area contributed by atoms with Gasteiger partial charge in [0.25, 0.3) is 5.56 Å². The minimum Gasteiger partial charge on any atom is -0.485 e. The summed E-state index contributed by atoms with van der Waals surface area (Å²) >= 11 is 0. The smallest absolute Gasteiger partial charge is 0.297 e. The molecule has 0 fully saturated rings. The number of para-hydroxylation sites is 1. The Morgan fingerprint density at radius 1 is 0.737 bits per heavy atom. The highest BCUT2D eigenvalue weighted by molar-refractivity contribution is 5.83. The molecule has 0 unspecified atom stereocenters. The zero-order valence-electron chi connectivity index (χ0n) is 21.5. The molecule has 5 aromatic rings. The van der Waals surface area contributed by atoms with Gasteiger partial charge in [0.15, 0.2) is 17.2 Å². The molecule has 0 aliphatic rings. The molecule has 190 valence electrons. The van der Waals surface area contributed by atoms with Gasteiger partial charge in [0.05, 0.1) is 11.4 Å². The van der Waals surface area contributed by atoms with Gasteiger partial charge in [-0.05, 0) is 53.9 Å². The second-order valence-electron chi connectivity index (χ2n) is 8.92. The average Bonchev–Trinajstić information content (AvgIpc) is 3.18. The highest BCUT2D eigenvalue weighted by Crippen LogP contribution is 2.30. The van der Waals surface area contributed by atoms with Crippen LogP contribution < -0.4 is 15.0 Å². The Labute approximate surface area is 222 Å². The van der Waals surface area contributed by atoms with Crippen LogP contribution in [-0.2, 0) is 20.3 Å². The SMILES string of the molecule is Cc1c(N=Cc2ccc(OCc3ccccc3)c(OCc3ccccc3)c2)c(=O)n(-c2ccccc2)n1C. The van der Waals surface area contributed by atoms with Crippen LogP contribution in [0.2, 0.25) is 0 Å². The van der Waals surface area contributed by atoms with Gasteiger partial charge in [0.1, 0.15) is 13.2 Å². The topological polar surface area (TPSA) is 57.8 Å². The summed E-state index contributed by atoms with van der Waals surface area (Å²) in [7, 11) is 1.86. The average molecular weight is 504 g/mol. The molecule has 38 heavy (non-hydrogen) atoms. The fraction of sp³-hybridized carbons (Fsp3) is 0.125. The van der Waals surface area contributed by atoms with Crippen LogP contribution in [0, 0.1) is 6.92 Å². The van der Waals surface area contributed by atoms with E-state index in [-0.39, 0.29) is 5.56 Å². The van der Waals surface area contributed by atoms with E-state index in [0.717, 1.165) is 28.1 Å². The number of benzene rings is 4. The molecule has 0 aliphatic heterocycles. The normalized spacial score (nSPS) is 11.1. The Hall–Kier alpha value is -4.84. The van der Waals surface area contributed by atoms with Crippen LogP contribution in [0.1, 0.15) is 22.4 Å². The highest BCUT2D eigenvalue weighted by Gasteiger charge is 2.15. The molecule has 1 aromatic heterocycles. The first-order valence-corrected chi connectivity index (χ1v) is 12.5. The van der Waals surface area contributed by atoms with Crippen molar-refractivity contribution < 1.29 is 9.47 Å². The van der Waals surface area contributed by atoms with Crippen molar-refractivity contribution in [3.63, 3.8) is 0 Å². The van der Waals surface area contributed by atoms with Gasteiger partial charge in [0, 0.05) is 13.3 Å². The van der Waals surface area contributed by atoms with E-state index in [2.05, 4.69) is 4.99 Å². The van der Waals surface area contributed by atoms with Crippen molar-refractivity contribution in [3.8, 4) is 17.2 Å². The molecule has 6 nitrogen and oxygen atoms in total. The summed E-state index contributed by atoms with van der Waals surface area (Å²) < 4.78 is 15.7. The molecule has 0 atom stereocenters. The van der Waals surface area contributed by atoms with Crippen molar-refractivity contribution in [2.45, 2.75) is 20.1 Å². The van der Waals surface area contributed by atoms with Crippen LogP contribution in [-0.4, -0.2) is 15.6 Å². The molecule has 0 bridgehead atoms. The van der Waals surface area contributed by atoms with Crippen LogP contribution in [0.4, 0.5) is 5.69 Å². The quantitative estimate of drug-likeness (QED) is 0.219. The highest BCUT2D eigenvalue weighted by atomic mass is 16.5. The molecule has 0 amide bonds. The predicted molar refractivity (Wildman–Crippen MR) is 151 cm³/mol. The van der Waals surface area contributed by atoms with Gasteiger partial charge >= 0.3 is 0 Å². The standard InChI is InChI=1S/C32H29N3O3/c1-24-31(32(36)35(34(24)2)28-16-10-5-11-17-28)33-21-27-18-19-29(37-22-25-12-6-3-7-13-25)30(20-27)38-23-26-14-8-4-9-15-26/h3-21H,22-23H2,1-2H3. The molecular formula is C32H29N3O3. The molecule has 0 spiro atoms. The number of hydrogen-bond acceptors (Lipinski definition) is 4. The van der Waals surface area contributed by atoms with Crippen molar-refractivity contribution in [2.24, 2.45) is 12.0 Å². The van der Waals surface area contributed by atoms with E-state index < -0.39 is 0 Å². The Morgan fingerprint density at radius 3 is 1.89 bits per heavy atom. The van der Waals surface area contributed by atoms with Crippen LogP contribution in [0.15, 0.2) is 119 Å². The van der Waals surface area contributed by atoms with Gasteiger partial charge in [-0.1, -0.05) is 78.9 Å². The molecule has 5 rings (SSSR count). The van der Waals surface area contributed by atoms with Gasteiger partial charge in [-0.25, -0.2) is 9.67 Å². The third kappa shape index (κ3) is 5.60. The Morgan fingerprint density at radius 2 is 1.29 bits per heavy atom. The van der Waals surface area contributed by atoms with E-state index in [1.807, 2.05) is 128 Å². The minimum absolute atomic E-state index is 0.171. The molecule has 0 saturated carbocycles. The second kappa shape index (κ2) is 11.5. The molecule has 1 heterocycles. The van der Waals surface area contributed by atoms with Gasteiger partial charge in [0.2, 0.25) is 0 Å². The molecule has 0 radical (unpaired) electrons. The zero-order valence-corrected chi connectivity index (χ0v) is 21.5.